The van der Waals surface area contributed by atoms with Crippen LogP contribution in [0.1, 0.15) is 44.4 Å². The third-order valence-electron chi connectivity index (χ3n) is 5.29. The summed E-state index contributed by atoms with van der Waals surface area (Å²) in [6.07, 6.45) is 2.43. The molecule has 1 aromatic heterocycles. The van der Waals surface area contributed by atoms with Crippen LogP contribution >= 0.6 is 0 Å². The second-order valence-corrected chi connectivity index (χ2v) is 9.71. The maximum atomic E-state index is 12.8. The van der Waals surface area contributed by atoms with Crippen LogP contribution in [0.15, 0.2) is 4.42 Å². The van der Waals surface area contributed by atoms with Crippen molar-refractivity contribution >= 4 is 15.9 Å². The molecule has 3 rings (SSSR count). The fourth-order valence-corrected chi connectivity index (χ4v) is 4.45. The second-order valence-electron chi connectivity index (χ2n) is 7.73. The Hall–Kier alpha value is -1.52. The van der Waals surface area contributed by atoms with E-state index < -0.39 is 10.0 Å². The van der Waals surface area contributed by atoms with Crippen LogP contribution in [0.5, 0.6) is 0 Å². The molecule has 0 radical (unpaired) electrons. The SMILES string of the molecule is CC(C)c1nnc(CN2CCN(C(=O)C3CCN(S(C)(=O)=O)CC3)CC2)o1. The van der Waals surface area contributed by atoms with Crippen molar-refractivity contribution in [1.29, 1.82) is 0 Å². The van der Waals surface area contributed by atoms with Gasteiger partial charge in [0.1, 0.15) is 0 Å². The summed E-state index contributed by atoms with van der Waals surface area (Å²) >= 11 is 0. The van der Waals surface area contributed by atoms with E-state index in [1.54, 1.807) is 0 Å². The first-order valence-electron chi connectivity index (χ1n) is 9.52. The van der Waals surface area contributed by atoms with Gasteiger partial charge in [-0.25, -0.2) is 12.7 Å². The molecule has 27 heavy (non-hydrogen) atoms. The molecule has 2 saturated heterocycles. The molecule has 0 saturated carbocycles. The fraction of sp³-hybridized carbons (Fsp3) is 0.824. The molecule has 0 spiro atoms. The lowest BCUT2D eigenvalue weighted by atomic mass is 9.96. The van der Waals surface area contributed by atoms with E-state index in [9.17, 15) is 13.2 Å². The summed E-state index contributed by atoms with van der Waals surface area (Å²) in [7, 11) is -3.16. The Morgan fingerprint density at radius 1 is 1.11 bits per heavy atom. The maximum absolute atomic E-state index is 12.8. The highest BCUT2D eigenvalue weighted by atomic mass is 32.2. The number of piperazine rings is 1. The van der Waals surface area contributed by atoms with Crippen LogP contribution in [0, 0.1) is 5.92 Å². The van der Waals surface area contributed by atoms with Gasteiger partial charge in [-0.3, -0.25) is 9.69 Å². The molecule has 2 aliphatic heterocycles. The van der Waals surface area contributed by atoms with E-state index in [2.05, 4.69) is 15.1 Å². The van der Waals surface area contributed by atoms with Gasteiger partial charge in [0, 0.05) is 51.1 Å². The molecule has 0 atom stereocenters. The zero-order valence-electron chi connectivity index (χ0n) is 16.3. The Morgan fingerprint density at radius 2 is 1.74 bits per heavy atom. The zero-order chi connectivity index (χ0) is 19.6. The van der Waals surface area contributed by atoms with Crippen molar-refractivity contribution in [3.8, 4) is 0 Å². The van der Waals surface area contributed by atoms with Crippen LogP contribution in [-0.4, -0.2) is 84.2 Å². The lowest BCUT2D eigenvalue weighted by molar-refractivity contribution is -0.138. The van der Waals surface area contributed by atoms with E-state index in [1.165, 1.54) is 10.6 Å². The number of piperidine rings is 1. The van der Waals surface area contributed by atoms with Gasteiger partial charge in [0.05, 0.1) is 12.8 Å². The first-order chi connectivity index (χ1) is 12.7. The van der Waals surface area contributed by atoms with Crippen molar-refractivity contribution < 1.29 is 17.6 Å². The van der Waals surface area contributed by atoms with Gasteiger partial charge in [-0.1, -0.05) is 13.8 Å². The van der Waals surface area contributed by atoms with Gasteiger partial charge < -0.3 is 9.32 Å². The molecule has 0 bridgehead atoms. The number of amides is 1. The van der Waals surface area contributed by atoms with Crippen LogP contribution < -0.4 is 0 Å². The number of hydrogen-bond acceptors (Lipinski definition) is 7. The van der Waals surface area contributed by atoms with Crippen LogP contribution in [0.4, 0.5) is 0 Å². The molecule has 0 unspecified atom stereocenters. The molecule has 10 heteroatoms. The molecule has 2 aliphatic rings. The van der Waals surface area contributed by atoms with Crippen molar-refractivity contribution in [3.63, 3.8) is 0 Å². The Labute approximate surface area is 160 Å². The number of hydrogen-bond donors (Lipinski definition) is 0. The summed E-state index contributed by atoms with van der Waals surface area (Å²) in [4.78, 5) is 16.9. The minimum Gasteiger partial charge on any atom is -0.424 e. The summed E-state index contributed by atoms with van der Waals surface area (Å²) in [5.41, 5.74) is 0. The van der Waals surface area contributed by atoms with E-state index >= 15 is 0 Å². The van der Waals surface area contributed by atoms with Gasteiger partial charge in [-0.15, -0.1) is 10.2 Å². The molecule has 0 N–H and O–H groups in total. The Morgan fingerprint density at radius 3 is 2.26 bits per heavy atom. The van der Waals surface area contributed by atoms with Crippen molar-refractivity contribution in [2.45, 2.75) is 39.2 Å². The quantitative estimate of drug-likeness (QED) is 0.711. The summed E-state index contributed by atoms with van der Waals surface area (Å²) < 4.78 is 30.3. The molecule has 2 fully saturated rings. The molecule has 1 aromatic rings. The first kappa shape index (κ1) is 20.2. The van der Waals surface area contributed by atoms with Gasteiger partial charge in [0.2, 0.25) is 27.7 Å². The number of carbonyl (C=O) groups is 1. The summed E-state index contributed by atoms with van der Waals surface area (Å²) in [5, 5.41) is 8.15. The minimum absolute atomic E-state index is 0.0703. The van der Waals surface area contributed by atoms with Crippen molar-refractivity contribution in [2.24, 2.45) is 5.92 Å². The molecule has 152 valence electrons. The van der Waals surface area contributed by atoms with E-state index in [-0.39, 0.29) is 17.7 Å². The summed E-state index contributed by atoms with van der Waals surface area (Å²) in [6.45, 7) is 8.40. The lowest BCUT2D eigenvalue weighted by Gasteiger charge is -2.37. The highest BCUT2D eigenvalue weighted by Crippen LogP contribution is 2.22. The first-order valence-corrected chi connectivity index (χ1v) is 11.4. The van der Waals surface area contributed by atoms with Crippen molar-refractivity contribution in [1.82, 2.24) is 24.3 Å². The van der Waals surface area contributed by atoms with Crippen LogP contribution in [-0.2, 0) is 21.4 Å². The van der Waals surface area contributed by atoms with E-state index in [1.807, 2.05) is 18.7 Å². The normalized spacial score (nSPS) is 21.1. The van der Waals surface area contributed by atoms with Gasteiger partial charge in [0.25, 0.3) is 0 Å². The van der Waals surface area contributed by atoms with E-state index in [0.717, 1.165) is 13.1 Å². The number of sulfonamides is 1. The van der Waals surface area contributed by atoms with Gasteiger partial charge >= 0.3 is 0 Å². The molecule has 0 aliphatic carbocycles. The van der Waals surface area contributed by atoms with E-state index in [4.69, 9.17) is 4.42 Å². The van der Waals surface area contributed by atoms with Crippen LogP contribution in [0.3, 0.4) is 0 Å². The fourth-order valence-electron chi connectivity index (χ4n) is 3.57. The molecule has 9 nitrogen and oxygen atoms in total. The molecular weight excluding hydrogens is 370 g/mol. The average Bonchev–Trinajstić information content (AvgIpc) is 3.10. The summed E-state index contributed by atoms with van der Waals surface area (Å²) in [5.74, 6) is 1.57. The number of carbonyl (C=O) groups excluding carboxylic acids is 1. The number of aromatic nitrogens is 2. The van der Waals surface area contributed by atoms with Gasteiger partial charge in [0.15, 0.2) is 0 Å². The Balaban J connectivity index is 1.45. The van der Waals surface area contributed by atoms with Gasteiger partial charge in [-0.05, 0) is 12.8 Å². The number of rotatable bonds is 5. The predicted octanol–water partition coefficient (Wildman–Crippen LogP) is 0.509. The highest BCUT2D eigenvalue weighted by Gasteiger charge is 2.32. The van der Waals surface area contributed by atoms with Crippen molar-refractivity contribution in [2.75, 3.05) is 45.5 Å². The van der Waals surface area contributed by atoms with Crippen molar-refractivity contribution in [3.05, 3.63) is 11.8 Å². The smallest absolute Gasteiger partial charge is 0.230 e. The molecular formula is C17H29N5O4S. The van der Waals surface area contributed by atoms with Crippen LogP contribution in [0.25, 0.3) is 0 Å². The molecule has 0 aromatic carbocycles. The topological polar surface area (TPSA) is 99.9 Å². The highest BCUT2D eigenvalue weighted by molar-refractivity contribution is 7.88. The largest absolute Gasteiger partial charge is 0.424 e. The van der Waals surface area contributed by atoms with Gasteiger partial charge in [-0.2, -0.15) is 0 Å². The Bertz CT molecular complexity index is 747. The average molecular weight is 400 g/mol. The second kappa shape index (κ2) is 8.24. The molecule has 3 heterocycles. The third kappa shape index (κ3) is 5.05. The summed E-state index contributed by atoms with van der Waals surface area (Å²) in [6, 6.07) is 0. The zero-order valence-corrected chi connectivity index (χ0v) is 17.1. The monoisotopic (exact) mass is 399 g/mol. The third-order valence-corrected chi connectivity index (χ3v) is 6.59. The maximum Gasteiger partial charge on any atom is 0.230 e. The van der Waals surface area contributed by atoms with E-state index in [0.29, 0.717) is 57.3 Å². The minimum atomic E-state index is -3.16. The lowest BCUT2D eigenvalue weighted by Crippen LogP contribution is -2.51. The standard InChI is InChI=1S/C17H29N5O4S/c1-13(2)16-19-18-15(26-16)12-20-8-10-21(11-9-20)17(23)14-4-6-22(7-5-14)27(3,24)25/h13-14H,4-12H2,1-3H3. The van der Waals surface area contributed by atoms with Crippen LogP contribution in [0.2, 0.25) is 0 Å². The Kier molecular flexibility index (Phi) is 6.17. The molecule has 1 amide bonds. The number of nitrogens with zero attached hydrogens (tertiary/aromatic N) is 5. The predicted molar refractivity (Wildman–Crippen MR) is 99.4 cm³/mol.